The van der Waals surface area contributed by atoms with Crippen molar-refractivity contribution in [3.63, 3.8) is 0 Å². The van der Waals surface area contributed by atoms with Crippen molar-refractivity contribution < 1.29 is 5.11 Å². The smallest absolute Gasteiger partial charge is 0.0704 e. The molecule has 0 amide bonds. The number of pyridine rings is 1. The fourth-order valence-corrected chi connectivity index (χ4v) is 1.88. The van der Waals surface area contributed by atoms with Crippen LogP contribution in [-0.4, -0.2) is 22.7 Å². The molecule has 1 aromatic heterocycles. The lowest BCUT2D eigenvalue weighted by Crippen LogP contribution is -2.16. The average Bonchev–Trinajstić information content (AvgIpc) is 2.30. The van der Waals surface area contributed by atoms with Crippen molar-refractivity contribution in [2.75, 3.05) is 6.54 Å². The predicted octanol–water partition coefficient (Wildman–Crippen LogP) is 1.49. The van der Waals surface area contributed by atoms with Gasteiger partial charge in [-0.15, -0.1) is 0 Å². The van der Waals surface area contributed by atoms with Crippen molar-refractivity contribution in [1.82, 2.24) is 4.98 Å². The Bertz CT molecular complexity index is 465. The van der Waals surface area contributed by atoms with Gasteiger partial charge >= 0.3 is 0 Å². The molecule has 0 aliphatic heterocycles. The minimum absolute atomic E-state index is 0.365. The number of aliphatic hydroxyl groups is 1. The molecule has 1 heterocycles. The number of aliphatic hydroxyl groups excluding tert-OH is 1. The summed E-state index contributed by atoms with van der Waals surface area (Å²) < 4.78 is 0. The summed E-state index contributed by atoms with van der Waals surface area (Å²) in [5.41, 5.74) is 7.53. The van der Waals surface area contributed by atoms with E-state index in [4.69, 9.17) is 5.73 Å². The molecule has 0 bridgehead atoms. The van der Waals surface area contributed by atoms with Crippen LogP contribution in [0.1, 0.15) is 12.0 Å². The number of hydrogen-bond donors (Lipinski definition) is 2. The Hall–Kier alpha value is -1.45. The van der Waals surface area contributed by atoms with Crippen LogP contribution < -0.4 is 5.73 Å². The van der Waals surface area contributed by atoms with Gasteiger partial charge in [-0.05, 0) is 37.1 Å². The molecule has 2 aromatic rings. The summed E-state index contributed by atoms with van der Waals surface area (Å²) in [6.45, 7) is 0.518. The van der Waals surface area contributed by atoms with Gasteiger partial charge in [-0.2, -0.15) is 0 Å². The second kappa shape index (κ2) is 5.05. The highest BCUT2D eigenvalue weighted by Crippen LogP contribution is 2.18. The maximum atomic E-state index is 9.76. The minimum Gasteiger partial charge on any atom is -0.393 e. The van der Waals surface area contributed by atoms with E-state index in [0.717, 1.165) is 16.5 Å². The van der Waals surface area contributed by atoms with Crippen LogP contribution in [0.5, 0.6) is 0 Å². The van der Waals surface area contributed by atoms with Gasteiger partial charge in [0.25, 0.3) is 0 Å². The van der Waals surface area contributed by atoms with Crippen molar-refractivity contribution >= 4 is 10.9 Å². The molecular weight excluding hydrogens is 200 g/mol. The van der Waals surface area contributed by atoms with E-state index in [1.165, 1.54) is 0 Å². The third-order valence-corrected chi connectivity index (χ3v) is 2.69. The Balaban J connectivity index is 2.30. The summed E-state index contributed by atoms with van der Waals surface area (Å²) in [6, 6.07) is 9.93. The first-order valence-electron chi connectivity index (χ1n) is 5.52. The van der Waals surface area contributed by atoms with Gasteiger partial charge in [0.05, 0.1) is 11.6 Å². The molecule has 3 heteroatoms. The molecule has 1 atom stereocenters. The molecule has 1 unspecified atom stereocenters. The highest BCUT2D eigenvalue weighted by atomic mass is 16.3. The molecule has 2 rings (SSSR count). The molecule has 0 spiro atoms. The lowest BCUT2D eigenvalue weighted by molar-refractivity contribution is 0.168. The maximum Gasteiger partial charge on any atom is 0.0704 e. The molecule has 84 valence electrons. The molecule has 0 aliphatic carbocycles. The highest BCUT2D eigenvalue weighted by Gasteiger charge is 2.07. The molecule has 3 nitrogen and oxygen atoms in total. The van der Waals surface area contributed by atoms with E-state index in [9.17, 15) is 5.11 Å². The van der Waals surface area contributed by atoms with Crippen LogP contribution in [0.2, 0.25) is 0 Å². The van der Waals surface area contributed by atoms with E-state index in [1.807, 2.05) is 30.3 Å². The minimum atomic E-state index is -0.365. The monoisotopic (exact) mass is 216 g/mol. The molecular formula is C13H16N2O. The Labute approximate surface area is 94.9 Å². The van der Waals surface area contributed by atoms with Crippen molar-refractivity contribution in [3.05, 3.63) is 42.1 Å². The van der Waals surface area contributed by atoms with E-state index in [2.05, 4.69) is 4.98 Å². The first kappa shape index (κ1) is 11.0. The average molecular weight is 216 g/mol. The number of nitrogens with zero attached hydrogens (tertiary/aromatic N) is 1. The predicted molar refractivity (Wildman–Crippen MR) is 65.1 cm³/mol. The summed E-state index contributed by atoms with van der Waals surface area (Å²) in [7, 11) is 0. The van der Waals surface area contributed by atoms with E-state index in [1.54, 1.807) is 6.20 Å². The van der Waals surface area contributed by atoms with Crippen molar-refractivity contribution in [2.45, 2.75) is 18.9 Å². The van der Waals surface area contributed by atoms with Crippen LogP contribution in [0.25, 0.3) is 10.9 Å². The van der Waals surface area contributed by atoms with Crippen molar-refractivity contribution in [3.8, 4) is 0 Å². The second-order valence-corrected chi connectivity index (χ2v) is 3.92. The molecule has 0 saturated heterocycles. The topological polar surface area (TPSA) is 59.1 Å². The quantitative estimate of drug-likeness (QED) is 0.814. The van der Waals surface area contributed by atoms with Gasteiger partial charge < -0.3 is 10.8 Å². The fraction of sp³-hybridized carbons (Fsp3) is 0.308. The molecule has 0 radical (unpaired) electrons. The van der Waals surface area contributed by atoms with Gasteiger partial charge in [-0.25, -0.2) is 0 Å². The highest BCUT2D eigenvalue weighted by molar-refractivity contribution is 5.81. The molecule has 0 fully saturated rings. The summed E-state index contributed by atoms with van der Waals surface area (Å²) in [5, 5.41) is 10.9. The van der Waals surface area contributed by atoms with Crippen molar-refractivity contribution in [2.24, 2.45) is 5.73 Å². The molecule has 0 saturated carbocycles. The van der Waals surface area contributed by atoms with Crippen LogP contribution in [0.3, 0.4) is 0 Å². The second-order valence-electron chi connectivity index (χ2n) is 3.92. The number of hydrogen-bond acceptors (Lipinski definition) is 3. The third kappa shape index (κ3) is 2.38. The Kier molecular flexibility index (Phi) is 3.49. The van der Waals surface area contributed by atoms with Crippen LogP contribution in [0, 0.1) is 0 Å². The zero-order valence-corrected chi connectivity index (χ0v) is 9.13. The zero-order chi connectivity index (χ0) is 11.4. The van der Waals surface area contributed by atoms with Gasteiger partial charge in [0.1, 0.15) is 0 Å². The SMILES string of the molecule is NCCC(O)Cc1ccnc2ccccc12. The fourth-order valence-electron chi connectivity index (χ4n) is 1.88. The van der Waals surface area contributed by atoms with Crippen LogP contribution in [-0.2, 0) is 6.42 Å². The molecule has 0 aliphatic rings. The Morgan fingerprint density at radius 1 is 1.25 bits per heavy atom. The van der Waals surface area contributed by atoms with Gasteiger partial charge in [0.2, 0.25) is 0 Å². The first-order chi connectivity index (χ1) is 7.81. The lowest BCUT2D eigenvalue weighted by atomic mass is 10.0. The van der Waals surface area contributed by atoms with Crippen LogP contribution >= 0.6 is 0 Å². The summed E-state index contributed by atoms with van der Waals surface area (Å²) in [5.74, 6) is 0. The van der Waals surface area contributed by atoms with Gasteiger partial charge in [-0.1, -0.05) is 18.2 Å². The number of rotatable bonds is 4. The van der Waals surface area contributed by atoms with E-state index < -0.39 is 0 Å². The largest absolute Gasteiger partial charge is 0.393 e. The summed E-state index contributed by atoms with van der Waals surface area (Å²) in [4.78, 5) is 4.29. The number of fused-ring (bicyclic) bond motifs is 1. The molecule has 16 heavy (non-hydrogen) atoms. The maximum absolute atomic E-state index is 9.76. The standard InChI is InChI=1S/C13H16N2O/c14-7-5-11(16)9-10-6-8-15-13-4-2-1-3-12(10)13/h1-4,6,8,11,16H,5,7,9,14H2. The van der Waals surface area contributed by atoms with Gasteiger partial charge in [-0.3, -0.25) is 4.98 Å². The number of benzene rings is 1. The van der Waals surface area contributed by atoms with E-state index in [-0.39, 0.29) is 6.10 Å². The third-order valence-electron chi connectivity index (χ3n) is 2.69. The van der Waals surface area contributed by atoms with E-state index >= 15 is 0 Å². The first-order valence-corrected chi connectivity index (χ1v) is 5.52. The Morgan fingerprint density at radius 3 is 2.88 bits per heavy atom. The normalized spacial score (nSPS) is 12.9. The van der Waals surface area contributed by atoms with Gasteiger partial charge in [0.15, 0.2) is 0 Å². The molecule has 1 aromatic carbocycles. The van der Waals surface area contributed by atoms with Crippen LogP contribution in [0.4, 0.5) is 0 Å². The van der Waals surface area contributed by atoms with Crippen LogP contribution in [0.15, 0.2) is 36.5 Å². The van der Waals surface area contributed by atoms with E-state index in [0.29, 0.717) is 19.4 Å². The molecule has 3 N–H and O–H groups in total. The summed E-state index contributed by atoms with van der Waals surface area (Å²) in [6.07, 6.45) is 2.69. The number of para-hydroxylation sites is 1. The summed E-state index contributed by atoms with van der Waals surface area (Å²) >= 11 is 0. The zero-order valence-electron chi connectivity index (χ0n) is 9.13. The lowest BCUT2D eigenvalue weighted by Gasteiger charge is -2.10. The van der Waals surface area contributed by atoms with Gasteiger partial charge in [0, 0.05) is 11.6 Å². The Morgan fingerprint density at radius 2 is 2.06 bits per heavy atom. The van der Waals surface area contributed by atoms with Crippen molar-refractivity contribution in [1.29, 1.82) is 0 Å². The number of aromatic nitrogens is 1. The number of nitrogens with two attached hydrogens (primary N) is 1.